The van der Waals surface area contributed by atoms with Crippen LogP contribution in [0.25, 0.3) is 11.0 Å². The highest BCUT2D eigenvalue weighted by Gasteiger charge is 2.34. The number of nitrogens with zero attached hydrogens (tertiary/aromatic N) is 3. The summed E-state index contributed by atoms with van der Waals surface area (Å²) in [6.45, 7) is 1.17. The molecule has 1 aliphatic heterocycles. The van der Waals surface area contributed by atoms with Gasteiger partial charge in [-0.3, -0.25) is 13.9 Å². The van der Waals surface area contributed by atoms with E-state index in [1.807, 2.05) is 0 Å². The second kappa shape index (κ2) is 8.48. The van der Waals surface area contributed by atoms with Crippen LogP contribution in [0, 0.1) is 11.6 Å². The van der Waals surface area contributed by atoms with E-state index >= 15 is 0 Å². The third-order valence-corrected chi connectivity index (χ3v) is 6.67. The number of hydrogen-bond donors (Lipinski definition) is 3. The van der Waals surface area contributed by atoms with Crippen LogP contribution in [0.3, 0.4) is 0 Å². The molecule has 0 spiro atoms. The molecule has 4 rings (SSSR count). The Morgan fingerprint density at radius 1 is 1.15 bits per heavy atom. The van der Waals surface area contributed by atoms with Crippen LogP contribution in [-0.4, -0.2) is 60.4 Å². The zero-order valence-electron chi connectivity index (χ0n) is 17.4. The molecule has 0 radical (unpaired) electrons. The maximum Gasteiger partial charge on any atom is 0.251 e. The van der Waals surface area contributed by atoms with Crippen molar-refractivity contribution in [1.82, 2.24) is 20.3 Å². The average molecular weight is 478 g/mol. The van der Waals surface area contributed by atoms with Crippen LogP contribution in [-0.2, 0) is 10.0 Å². The summed E-state index contributed by atoms with van der Waals surface area (Å²) in [4.78, 5) is 35.6. The van der Waals surface area contributed by atoms with Gasteiger partial charge in [-0.2, -0.15) is 0 Å². The number of ketones is 1. The van der Waals surface area contributed by atoms with E-state index < -0.39 is 50.5 Å². The number of aromatic amines is 1. The highest BCUT2D eigenvalue weighted by Crippen LogP contribution is 2.33. The molecular weight excluding hydrogens is 458 g/mol. The number of rotatable bonds is 6. The van der Waals surface area contributed by atoms with Gasteiger partial charge in [0.25, 0.3) is 5.91 Å². The molecule has 3 heterocycles. The average Bonchev–Trinajstić information content (AvgIpc) is 3.18. The molecule has 3 aromatic rings. The first-order valence-electron chi connectivity index (χ1n) is 9.96. The molecule has 4 N–H and O–H groups in total. The lowest BCUT2D eigenvalue weighted by Gasteiger charge is -2.33. The monoisotopic (exact) mass is 478 g/mol. The molecule has 0 atom stereocenters. The molecule has 174 valence electrons. The van der Waals surface area contributed by atoms with Crippen molar-refractivity contribution in [2.24, 2.45) is 5.73 Å². The van der Waals surface area contributed by atoms with Crippen LogP contribution in [0.4, 0.5) is 14.6 Å². The maximum absolute atomic E-state index is 14.8. The fourth-order valence-electron chi connectivity index (χ4n) is 4.02. The molecule has 10 nitrogen and oxygen atoms in total. The summed E-state index contributed by atoms with van der Waals surface area (Å²) in [5.74, 6) is -4.97. The molecule has 2 aromatic heterocycles. The molecule has 1 aromatic carbocycles. The van der Waals surface area contributed by atoms with Crippen molar-refractivity contribution < 1.29 is 26.8 Å². The number of anilines is 1. The minimum absolute atomic E-state index is 0.00487. The summed E-state index contributed by atoms with van der Waals surface area (Å²) >= 11 is 0. The summed E-state index contributed by atoms with van der Waals surface area (Å²) in [7, 11) is -3.85. The van der Waals surface area contributed by atoms with E-state index in [0.717, 1.165) is 29.0 Å². The Balaban J connectivity index is 1.93. The number of nitrogens with two attached hydrogens (primary N) is 1. The Bertz CT molecular complexity index is 1370. The number of halogens is 2. The fraction of sp³-hybridized carbons (Fsp3) is 0.300. The third-order valence-electron chi connectivity index (χ3n) is 5.48. The second-order valence-corrected chi connectivity index (χ2v) is 9.50. The van der Waals surface area contributed by atoms with Gasteiger partial charge >= 0.3 is 0 Å². The number of primary amides is 1. The molecule has 33 heavy (non-hydrogen) atoms. The van der Waals surface area contributed by atoms with Crippen LogP contribution in [0.15, 0.2) is 24.7 Å². The number of benzene rings is 1. The van der Waals surface area contributed by atoms with E-state index in [2.05, 4.69) is 20.3 Å². The van der Waals surface area contributed by atoms with Crippen LogP contribution in [0.5, 0.6) is 0 Å². The highest BCUT2D eigenvalue weighted by molar-refractivity contribution is 7.92. The standard InChI is InChI=1S/C20H20F2N6O4S/c1-33(31,32)28(10-4-6-24-7-5-10)20-14-12(8-25-19(14)26-9-27-20)17(29)15-13(21)3-2-11(16(15)22)18(23)30/h2-3,8-10,24H,4-7H2,1H3,(H2,23,30)(H,25,26,27). The Morgan fingerprint density at radius 3 is 2.48 bits per heavy atom. The zero-order chi connectivity index (χ0) is 23.9. The van der Waals surface area contributed by atoms with Crippen LogP contribution in [0.1, 0.15) is 39.1 Å². The SMILES string of the molecule is CS(=O)(=O)N(c1ncnc2[nH]cc(C(=O)c3c(F)ccc(C(N)=O)c3F)c12)C1CCNCC1. The van der Waals surface area contributed by atoms with E-state index in [0.29, 0.717) is 25.9 Å². The fourth-order valence-corrected chi connectivity index (χ4v) is 5.23. The first-order valence-corrected chi connectivity index (χ1v) is 11.8. The number of H-pyrrole nitrogens is 1. The molecule has 0 saturated carbocycles. The number of piperidine rings is 1. The second-order valence-electron chi connectivity index (χ2n) is 7.64. The van der Waals surface area contributed by atoms with Crippen molar-refractivity contribution in [2.45, 2.75) is 18.9 Å². The summed E-state index contributed by atoms with van der Waals surface area (Å²) < 4.78 is 56.0. The molecule has 1 fully saturated rings. The highest BCUT2D eigenvalue weighted by atomic mass is 32.2. The number of carbonyl (C=O) groups excluding carboxylic acids is 2. The van der Waals surface area contributed by atoms with Crippen molar-refractivity contribution in [3.63, 3.8) is 0 Å². The predicted molar refractivity (Wildman–Crippen MR) is 115 cm³/mol. The molecule has 1 aliphatic rings. The first kappa shape index (κ1) is 22.7. The van der Waals surface area contributed by atoms with E-state index in [4.69, 9.17) is 5.73 Å². The first-order chi connectivity index (χ1) is 15.6. The van der Waals surface area contributed by atoms with Gasteiger partial charge < -0.3 is 16.0 Å². The number of nitrogens with one attached hydrogen (secondary N) is 2. The predicted octanol–water partition coefficient (Wildman–Crippen LogP) is 1.08. The topological polar surface area (TPSA) is 151 Å². The normalized spacial score (nSPS) is 15.0. The molecule has 0 bridgehead atoms. The van der Waals surface area contributed by atoms with Crippen molar-refractivity contribution >= 4 is 38.6 Å². The van der Waals surface area contributed by atoms with Crippen LogP contribution in [0.2, 0.25) is 0 Å². The summed E-state index contributed by atoms with van der Waals surface area (Å²) in [5, 5.41) is 3.14. The number of hydrogen-bond acceptors (Lipinski definition) is 7. The molecule has 0 unspecified atom stereocenters. The van der Waals surface area contributed by atoms with E-state index in [9.17, 15) is 26.8 Å². The minimum Gasteiger partial charge on any atom is -0.366 e. The quantitative estimate of drug-likeness (QED) is 0.449. The lowest BCUT2D eigenvalue weighted by molar-refractivity contribution is 0.0996. The Labute approximate surface area is 187 Å². The van der Waals surface area contributed by atoms with Crippen LogP contribution >= 0.6 is 0 Å². The van der Waals surface area contributed by atoms with E-state index in [1.54, 1.807) is 0 Å². The van der Waals surface area contributed by atoms with E-state index in [1.165, 1.54) is 6.20 Å². The van der Waals surface area contributed by atoms with Gasteiger partial charge in [-0.15, -0.1) is 0 Å². The van der Waals surface area contributed by atoms with Crippen molar-refractivity contribution in [2.75, 3.05) is 23.7 Å². The van der Waals surface area contributed by atoms with Gasteiger partial charge in [0.05, 0.1) is 28.3 Å². The number of carbonyl (C=O) groups is 2. The maximum atomic E-state index is 14.8. The molecule has 0 aliphatic carbocycles. The van der Waals surface area contributed by atoms with Gasteiger partial charge in [-0.1, -0.05) is 0 Å². The van der Waals surface area contributed by atoms with Gasteiger partial charge in [0.2, 0.25) is 15.8 Å². The van der Waals surface area contributed by atoms with Gasteiger partial charge in [0.1, 0.15) is 23.6 Å². The molecule has 1 saturated heterocycles. The lowest BCUT2D eigenvalue weighted by atomic mass is 9.99. The Morgan fingerprint density at radius 2 is 1.85 bits per heavy atom. The van der Waals surface area contributed by atoms with Gasteiger partial charge in [-0.25, -0.2) is 27.2 Å². The number of sulfonamides is 1. The number of amides is 1. The van der Waals surface area contributed by atoms with Crippen molar-refractivity contribution in [3.05, 3.63) is 53.0 Å². The summed E-state index contributed by atoms with van der Waals surface area (Å²) in [6.07, 6.45) is 4.32. The zero-order valence-corrected chi connectivity index (χ0v) is 18.2. The van der Waals surface area contributed by atoms with Gasteiger partial charge in [0.15, 0.2) is 5.82 Å². The van der Waals surface area contributed by atoms with Crippen molar-refractivity contribution in [1.29, 1.82) is 0 Å². The summed E-state index contributed by atoms with van der Waals surface area (Å²) in [6, 6.07) is 1.17. The largest absolute Gasteiger partial charge is 0.366 e. The Hall–Kier alpha value is -3.45. The van der Waals surface area contributed by atoms with E-state index in [-0.39, 0.29) is 22.4 Å². The lowest BCUT2D eigenvalue weighted by Crippen LogP contribution is -2.46. The molecule has 13 heteroatoms. The summed E-state index contributed by atoms with van der Waals surface area (Å²) in [5.41, 5.74) is 3.34. The minimum atomic E-state index is -3.85. The third kappa shape index (κ3) is 4.04. The molecule has 1 amide bonds. The van der Waals surface area contributed by atoms with Crippen LogP contribution < -0.4 is 15.4 Å². The molecular formula is C20H20F2N6O4S. The van der Waals surface area contributed by atoms with Crippen molar-refractivity contribution in [3.8, 4) is 0 Å². The smallest absolute Gasteiger partial charge is 0.251 e. The number of fused-ring (bicyclic) bond motifs is 1. The van der Waals surface area contributed by atoms with Gasteiger partial charge in [0, 0.05) is 12.2 Å². The van der Waals surface area contributed by atoms with Gasteiger partial charge in [-0.05, 0) is 38.1 Å². The number of aromatic nitrogens is 3. The Kier molecular flexibility index (Phi) is 5.84.